The highest BCUT2D eigenvalue weighted by Gasteiger charge is 2.17. The lowest BCUT2D eigenvalue weighted by Crippen LogP contribution is -2.19. The fourth-order valence-corrected chi connectivity index (χ4v) is 1.04. The number of fused-ring (bicyclic) bond motifs is 1. The van der Waals surface area contributed by atoms with Crippen molar-refractivity contribution in [2.75, 3.05) is 0 Å². The molecular formula is C8H8O2. The molecule has 2 heteroatoms. The highest BCUT2D eigenvalue weighted by molar-refractivity contribution is 5.21. The van der Waals surface area contributed by atoms with Crippen molar-refractivity contribution in [3.63, 3.8) is 0 Å². The Bertz CT molecular complexity index is 213. The maximum Gasteiger partial charge on any atom is 0.262 e. The first-order valence-electron chi connectivity index (χ1n) is 3.28. The predicted molar refractivity (Wildman–Crippen MR) is 36.9 cm³/mol. The zero-order valence-electron chi connectivity index (χ0n) is 5.49. The van der Waals surface area contributed by atoms with E-state index >= 15 is 0 Å². The normalized spacial score (nSPS) is 28.0. The van der Waals surface area contributed by atoms with E-state index < -0.39 is 0 Å². The summed E-state index contributed by atoms with van der Waals surface area (Å²) in [7, 11) is 0. The second kappa shape index (κ2) is 2.21. The lowest BCUT2D eigenvalue weighted by Gasteiger charge is -2.23. The molecule has 2 heterocycles. The summed E-state index contributed by atoms with van der Waals surface area (Å²) in [6.07, 6.45) is 10.00. The molecule has 0 amide bonds. The molecule has 0 aromatic heterocycles. The van der Waals surface area contributed by atoms with E-state index in [4.69, 9.17) is 9.47 Å². The van der Waals surface area contributed by atoms with Gasteiger partial charge in [0.15, 0.2) is 0 Å². The SMILES string of the molecule is C1=COC2OC=CCC2=C1. The minimum absolute atomic E-state index is 0.157. The fourth-order valence-electron chi connectivity index (χ4n) is 1.04. The Labute approximate surface area is 59.4 Å². The Morgan fingerprint density at radius 1 is 1.30 bits per heavy atom. The van der Waals surface area contributed by atoms with Gasteiger partial charge in [-0.3, -0.25) is 0 Å². The van der Waals surface area contributed by atoms with Crippen molar-refractivity contribution in [2.24, 2.45) is 0 Å². The van der Waals surface area contributed by atoms with Gasteiger partial charge in [-0.05, 0) is 18.6 Å². The molecule has 10 heavy (non-hydrogen) atoms. The van der Waals surface area contributed by atoms with Crippen LogP contribution in [-0.2, 0) is 9.47 Å². The third kappa shape index (κ3) is 0.817. The Morgan fingerprint density at radius 3 is 3.10 bits per heavy atom. The minimum atomic E-state index is -0.157. The van der Waals surface area contributed by atoms with Gasteiger partial charge in [0.2, 0.25) is 0 Å². The number of rotatable bonds is 0. The number of ether oxygens (including phenoxy) is 2. The van der Waals surface area contributed by atoms with Gasteiger partial charge in [0.1, 0.15) is 0 Å². The van der Waals surface area contributed by atoms with Crippen LogP contribution in [0.5, 0.6) is 0 Å². The molecular weight excluding hydrogens is 128 g/mol. The summed E-state index contributed by atoms with van der Waals surface area (Å²) in [5.41, 5.74) is 1.19. The van der Waals surface area contributed by atoms with Crippen LogP contribution in [0.3, 0.4) is 0 Å². The quantitative estimate of drug-likeness (QED) is 0.504. The molecule has 52 valence electrons. The summed E-state index contributed by atoms with van der Waals surface area (Å²) in [5.74, 6) is 0. The standard InChI is InChI=1S/C8H8O2/c1-3-7-4-2-6-10-8(7)9-5-1/h1-3,5-6,8H,4H2. The maximum absolute atomic E-state index is 5.16. The third-order valence-electron chi connectivity index (χ3n) is 1.55. The summed E-state index contributed by atoms with van der Waals surface area (Å²) in [5, 5.41) is 0. The lowest BCUT2D eigenvalue weighted by molar-refractivity contribution is -0.0407. The largest absolute Gasteiger partial charge is 0.459 e. The van der Waals surface area contributed by atoms with Gasteiger partial charge in [0, 0.05) is 5.57 Å². The molecule has 2 aliphatic rings. The van der Waals surface area contributed by atoms with Crippen LogP contribution < -0.4 is 0 Å². The highest BCUT2D eigenvalue weighted by atomic mass is 16.7. The van der Waals surface area contributed by atoms with Crippen molar-refractivity contribution >= 4 is 0 Å². The topological polar surface area (TPSA) is 18.5 Å². The first kappa shape index (κ1) is 5.59. The minimum Gasteiger partial charge on any atom is -0.459 e. The van der Waals surface area contributed by atoms with Crippen LogP contribution in [0, 0.1) is 0 Å². The van der Waals surface area contributed by atoms with Crippen LogP contribution in [0.15, 0.2) is 36.3 Å². The lowest BCUT2D eigenvalue weighted by atomic mass is 10.1. The molecule has 1 unspecified atom stereocenters. The van der Waals surface area contributed by atoms with Gasteiger partial charge < -0.3 is 9.47 Å². The van der Waals surface area contributed by atoms with E-state index in [2.05, 4.69) is 0 Å². The zero-order valence-corrected chi connectivity index (χ0v) is 5.49. The Kier molecular flexibility index (Phi) is 1.24. The molecule has 0 bridgehead atoms. The maximum atomic E-state index is 5.16. The van der Waals surface area contributed by atoms with Gasteiger partial charge in [-0.15, -0.1) is 0 Å². The molecule has 0 aliphatic carbocycles. The van der Waals surface area contributed by atoms with Crippen LogP contribution in [0.1, 0.15) is 6.42 Å². The van der Waals surface area contributed by atoms with Crippen molar-refractivity contribution in [1.82, 2.24) is 0 Å². The third-order valence-corrected chi connectivity index (χ3v) is 1.55. The first-order valence-corrected chi connectivity index (χ1v) is 3.28. The van der Waals surface area contributed by atoms with Gasteiger partial charge in [0.05, 0.1) is 12.5 Å². The summed E-state index contributed by atoms with van der Waals surface area (Å²) in [4.78, 5) is 0. The van der Waals surface area contributed by atoms with E-state index in [1.54, 1.807) is 12.5 Å². The molecule has 0 aromatic carbocycles. The van der Waals surface area contributed by atoms with Crippen LogP contribution in [0.4, 0.5) is 0 Å². The number of hydrogen-bond donors (Lipinski definition) is 0. The molecule has 0 saturated carbocycles. The molecule has 0 radical (unpaired) electrons. The summed E-state index contributed by atoms with van der Waals surface area (Å²) >= 11 is 0. The molecule has 0 aromatic rings. The second-order valence-corrected chi connectivity index (χ2v) is 2.25. The Morgan fingerprint density at radius 2 is 2.20 bits per heavy atom. The Hall–Kier alpha value is -1.18. The van der Waals surface area contributed by atoms with E-state index in [-0.39, 0.29) is 6.29 Å². The number of hydrogen-bond acceptors (Lipinski definition) is 2. The van der Waals surface area contributed by atoms with E-state index in [0.29, 0.717) is 0 Å². The smallest absolute Gasteiger partial charge is 0.262 e. The van der Waals surface area contributed by atoms with Crippen molar-refractivity contribution in [2.45, 2.75) is 12.7 Å². The summed E-state index contributed by atoms with van der Waals surface area (Å²) in [6.45, 7) is 0. The van der Waals surface area contributed by atoms with E-state index in [0.717, 1.165) is 6.42 Å². The molecule has 0 fully saturated rings. The fraction of sp³-hybridized carbons (Fsp3) is 0.250. The van der Waals surface area contributed by atoms with Crippen molar-refractivity contribution in [3.8, 4) is 0 Å². The monoisotopic (exact) mass is 136 g/mol. The molecule has 0 N–H and O–H groups in total. The van der Waals surface area contributed by atoms with Gasteiger partial charge in [0.25, 0.3) is 6.29 Å². The molecule has 2 nitrogen and oxygen atoms in total. The van der Waals surface area contributed by atoms with Crippen molar-refractivity contribution < 1.29 is 9.47 Å². The summed E-state index contributed by atoms with van der Waals surface area (Å²) in [6, 6.07) is 0. The molecule has 2 rings (SSSR count). The summed E-state index contributed by atoms with van der Waals surface area (Å²) < 4.78 is 10.3. The van der Waals surface area contributed by atoms with Crippen LogP contribution in [0.25, 0.3) is 0 Å². The predicted octanol–water partition coefficient (Wildman–Crippen LogP) is 1.72. The van der Waals surface area contributed by atoms with Crippen LogP contribution in [-0.4, -0.2) is 6.29 Å². The van der Waals surface area contributed by atoms with Crippen molar-refractivity contribution in [1.29, 1.82) is 0 Å². The van der Waals surface area contributed by atoms with E-state index in [1.165, 1.54) is 5.57 Å². The number of allylic oxidation sites excluding steroid dienone is 3. The van der Waals surface area contributed by atoms with Crippen LogP contribution >= 0.6 is 0 Å². The first-order chi connectivity index (χ1) is 4.97. The van der Waals surface area contributed by atoms with Gasteiger partial charge in [-0.1, -0.05) is 6.08 Å². The van der Waals surface area contributed by atoms with E-state index in [1.807, 2.05) is 18.2 Å². The molecule has 0 spiro atoms. The average Bonchev–Trinajstić information content (AvgIpc) is 2.05. The van der Waals surface area contributed by atoms with Gasteiger partial charge in [-0.2, -0.15) is 0 Å². The second-order valence-electron chi connectivity index (χ2n) is 2.25. The zero-order chi connectivity index (χ0) is 6.81. The molecule has 0 saturated heterocycles. The van der Waals surface area contributed by atoms with Crippen LogP contribution in [0.2, 0.25) is 0 Å². The van der Waals surface area contributed by atoms with Gasteiger partial charge in [-0.25, -0.2) is 0 Å². The van der Waals surface area contributed by atoms with Crippen molar-refractivity contribution in [3.05, 3.63) is 36.3 Å². The average molecular weight is 136 g/mol. The molecule has 2 aliphatic heterocycles. The Balaban J connectivity index is 2.23. The highest BCUT2D eigenvalue weighted by Crippen LogP contribution is 2.21. The molecule has 1 atom stereocenters. The van der Waals surface area contributed by atoms with E-state index in [9.17, 15) is 0 Å². The van der Waals surface area contributed by atoms with Gasteiger partial charge >= 0.3 is 0 Å².